The second kappa shape index (κ2) is 10.9. The number of rotatable bonds is 4. The molecule has 7 heteroatoms. The summed E-state index contributed by atoms with van der Waals surface area (Å²) in [7, 11) is 4.30. The summed E-state index contributed by atoms with van der Waals surface area (Å²) in [6, 6.07) is 4.61. The third-order valence-electron chi connectivity index (χ3n) is 4.78. The Morgan fingerprint density at radius 2 is 1.55 bits per heavy atom. The molecule has 3 aromatic rings. The molecule has 1 fully saturated rings. The Morgan fingerprint density at radius 1 is 1.00 bits per heavy atom. The van der Waals surface area contributed by atoms with Gasteiger partial charge in [-0.1, -0.05) is 33.6 Å². The number of aromatic nitrogens is 2. The summed E-state index contributed by atoms with van der Waals surface area (Å²) in [5.74, 6) is -0.338. The van der Waals surface area contributed by atoms with Crippen molar-refractivity contribution in [3.63, 3.8) is 0 Å². The monoisotopic (exact) mass is 431 g/mol. The van der Waals surface area contributed by atoms with Gasteiger partial charge in [0.05, 0.1) is 25.5 Å². The zero-order valence-corrected chi connectivity index (χ0v) is 19.3. The zero-order chi connectivity index (χ0) is 23.1. The maximum absolute atomic E-state index is 14.7. The van der Waals surface area contributed by atoms with E-state index < -0.39 is 11.6 Å². The van der Waals surface area contributed by atoms with E-state index in [2.05, 4.69) is 22.2 Å². The molecular weight excluding hydrogens is 400 g/mol. The van der Waals surface area contributed by atoms with Gasteiger partial charge in [0.25, 0.3) is 0 Å². The Labute approximate surface area is 182 Å². The predicted molar refractivity (Wildman–Crippen MR) is 122 cm³/mol. The molecule has 1 aromatic carbocycles. The number of hydrogen-bond acceptors (Lipinski definition) is 5. The average Bonchev–Trinajstić information content (AvgIpc) is 3.57. The van der Waals surface area contributed by atoms with Crippen molar-refractivity contribution in [3.05, 3.63) is 41.7 Å². The van der Waals surface area contributed by atoms with Gasteiger partial charge in [-0.15, -0.1) is 0 Å². The number of hydrogen-bond donors (Lipinski definition) is 1. The summed E-state index contributed by atoms with van der Waals surface area (Å²) < 4.78 is 39.5. The summed E-state index contributed by atoms with van der Waals surface area (Å²) in [6.45, 7) is 8.14. The molecule has 1 aliphatic carbocycles. The molecular formula is C24H31F2N3O2. The largest absolute Gasteiger partial charge is 0.494 e. The summed E-state index contributed by atoms with van der Waals surface area (Å²) in [4.78, 5) is 8.61. The Morgan fingerprint density at radius 3 is 2.00 bits per heavy atom. The van der Waals surface area contributed by atoms with E-state index in [9.17, 15) is 8.78 Å². The first-order chi connectivity index (χ1) is 14.9. The fourth-order valence-corrected chi connectivity index (χ4v) is 2.85. The standard InChI is InChI=1S/C18H17F2N3O2.C4H8.C2H6/c1-9-5-11-10(8-22-9)6-12(23-18(11)21-2)15-16(19)13(24-3)7-14(25-4)17(15)20;1-4-2-3-4;1-2/h5-8H,1-4H3,(H,21,23);4H,2-3H2,1H3;1-2H3. The summed E-state index contributed by atoms with van der Waals surface area (Å²) in [5, 5.41) is 4.48. The molecule has 0 radical (unpaired) electrons. The van der Waals surface area contributed by atoms with Gasteiger partial charge in [-0.25, -0.2) is 13.8 Å². The number of aryl methyl sites for hydroxylation is 1. The van der Waals surface area contributed by atoms with Crippen LogP contribution in [0.4, 0.5) is 14.6 Å². The van der Waals surface area contributed by atoms with Crippen LogP contribution < -0.4 is 14.8 Å². The SMILES string of the molecule is CC.CC1CC1.CNc1nc(-c2c(F)c(OC)cc(OC)c2F)cc2cnc(C)cc12. The minimum Gasteiger partial charge on any atom is -0.494 e. The van der Waals surface area contributed by atoms with Crippen LogP contribution in [0.5, 0.6) is 11.5 Å². The molecule has 4 rings (SSSR count). The molecule has 1 N–H and O–H groups in total. The zero-order valence-electron chi connectivity index (χ0n) is 19.3. The van der Waals surface area contributed by atoms with Crippen molar-refractivity contribution >= 4 is 16.6 Å². The maximum Gasteiger partial charge on any atom is 0.177 e. The molecule has 168 valence electrons. The van der Waals surface area contributed by atoms with Crippen molar-refractivity contribution in [1.82, 2.24) is 9.97 Å². The minimum atomic E-state index is -0.838. The first-order valence-corrected chi connectivity index (χ1v) is 10.4. The third kappa shape index (κ3) is 5.60. The van der Waals surface area contributed by atoms with Crippen molar-refractivity contribution in [2.45, 2.75) is 40.5 Å². The van der Waals surface area contributed by atoms with Crippen molar-refractivity contribution in [2.75, 3.05) is 26.6 Å². The van der Waals surface area contributed by atoms with Crippen LogP contribution in [-0.4, -0.2) is 31.2 Å². The number of pyridine rings is 2. The highest BCUT2D eigenvalue weighted by atomic mass is 19.1. The highest BCUT2D eigenvalue weighted by molar-refractivity contribution is 5.94. The van der Waals surface area contributed by atoms with E-state index in [1.54, 1.807) is 19.3 Å². The van der Waals surface area contributed by atoms with Crippen LogP contribution in [0.1, 0.15) is 39.3 Å². The van der Waals surface area contributed by atoms with Crippen molar-refractivity contribution in [2.24, 2.45) is 5.92 Å². The van der Waals surface area contributed by atoms with Crippen molar-refractivity contribution in [1.29, 1.82) is 0 Å². The quantitative estimate of drug-likeness (QED) is 0.519. The average molecular weight is 432 g/mol. The topological polar surface area (TPSA) is 56.3 Å². The molecule has 2 heterocycles. The van der Waals surface area contributed by atoms with Gasteiger partial charge in [0.1, 0.15) is 5.82 Å². The lowest BCUT2D eigenvalue weighted by Gasteiger charge is -2.14. The van der Waals surface area contributed by atoms with Crippen LogP contribution in [0.2, 0.25) is 0 Å². The number of benzene rings is 1. The molecule has 5 nitrogen and oxygen atoms in total. The van der Waals surface area contributed by atoms with Crippen molar-refractivity contribution in [3.8, 4) is 22.8 Å². The highest BCUT2D eigenvalue weighted by Gasteiger charge is 2.23. The van der Waals surface area contributed by atoms with Crippen LogP contribution in [0.15, 0.2) is 24.4 Å². The van der Waals surface area contributed by atoms with E-state index in [-0.39, 0.29) is 22.8 Å². The minimum absolute atomic E-state index is 0.120. The molecule has 31 heavy (non-hydrogen) atoms. The van der Waals surface area contributed by atoms with Crippen LogP contribution in [0.3, 0.4) is 0 Å². The second-order valence-electron chi connectivity index (χ2n) is 7.12. The molecule has 0 aliphatic heterocycles. The molecule has 0 saturated heterocycles. The predicted octanol–water partition coefficient (Wildman–Crippen LogP) is 6.38. The molecule has 0 spiro atoms. The Balaban J connectivity index is 0.000000499. The van der Waals surface area contributed by atoms with Gasteiger partial charge >= 0.3 is 0 Å². The van der Waals surface area contributed by atoms with Gasteiger partial charge in [0.2, 0.25) is 0 Å². The summed E-state index contributed by atoms with van der Waals surface area (Å²) >= 11 is 0. The molecule has 0 bridgehead atoms. The molecule has 0 atom stereocenters. The lowest BCUT2D eigenvalue weighted by molar-refractivity contribution is 0.359. The highest BCUT2D eigenvalue weighted by Crippen LogP contribution is 2.38. The van der Waals surface area contributed by atoms with Gasteiger partial charge in [-0.2, -0.15) is 0 Å². The van der Waals surface area contributed by atoms with Gasteiger partial charge in [0.15, 0.2) is 23.1 Å². The number of methoxy groups -OCH3 is 2. The second-order valence-corrected chi connectivity index (χ2v) is 7.12. The lowest BCUT2D eigenvalue weighted by Crippen LogP contribution is -2.02. The number of halogens is 2. The fraction of sp³-hybridized carbons (Fsp3) is 0.417. The van der Waals surface area contributed by atoms with Crippen molar-refractivity contribution < 1.29 is 18.3 Å². The fourth-order valence-electron chi connectivity index (χ4n) is 2.85. The number of anilines is 1. The molecule has 1 saturated carbocycles. The van der Waals surface area contributed by atoms with E-state index >= 15 is 0 Å². The normalized spacial score (nSPS) is 12.3. The van der Waals surface area contributed by atoms with Crippen LogP contribution >= 0.6 is 0 Å². The number of ether oxygens (including phenoxy) is 2. The Hall–Kier alpha value is -2.96. The smallest absolute Gasteiger partial charge is 0.177 e. The number of nitrogens with zero attached hydrogens (tertiary/aromatic N) is 2. The Bertz CT molecular complexity index is 1010. The molecule has 0 unspecified atom stereocenters. The summed E-state index contributed by atoms with van der Waals surface area (Å²) in [5.41, 5.74) is 0.629. The van der Waals surface area contributed by atoms with E-state index in [1.807, 2.05) is 26.8 Å². The van der Waals surface area contributed by atoms with Crippen LogP contribution in [0, 0.1) is 24.5 Å². The first-order valence-electron chi connectivity index (χ1n) is 10.4. The number of nitrogens with one attached hydrogen (secondary N) is 1. The van der Waals surface area contributed by atoms with E-state index in [0.717, 1.165) is 17.0 Å². The number of fused-ring (bicyclic) bond motifs is 1. The van der Waals surface area contributed by atoms with E-state index in [0.29, 0.717) is 11.2 Å². The van der Waals surface area contributed by atoms with E-state index in [1.165, 1.54) is 33.1 Å². The van der Waals surface area contributed by atoms with Gasteiger partial charge in [0, 0.05) is 35.8 Å². The van der Waals surface area contributed by atoms with Gasteiger partial charge in [-0.3, -0.25) is 4.98 Å². The van der Waals surface area contributed by atoms with E-state index in [4.69, 9.17) is 9.47 Å². The Kier molecular flexibility index (Phi) is 8.54. The summed E-state index contributed by atoms with van der Waals surface area (Å²) in [6.07, 6.45) is 4.61. The van der Waals surface area contributed by atoms with Gasteiger partial charge in [-0.05, 0) is 25.0 Å². The molecule has 0 amide bonds. The molecule has 2 aromatic heterocycles. The third-order valence-corrected chi connectivity index (χ3v) is 4.78. The van der Waals surface area contributed by atoms with Gasteiger partial charge < -0.3 is 14.8 Å². The molecule has 1 aliphatic rings. The van der Waals surface area contributed by atoms with Crippen LogP contribution in [0.25, 0.3) is 22.0 Å². The first kappa shape index (κ1) is 24.3. The maximum atomic E-state index is 14.7. The lowest BCUT2D eigenvalue weighted by atomic mass is 10.1. The van der Waals surface area contributed by atoms with Crippen LogP contribution in [-0.2, 0) is 0 Å².